The highest BCUT2D eigenvalue weighted by molar-refractivity contribution is 5.76. The Morgan fingerprint density at radius 1 is 1.12 bits per heavy atom. The van der Waals surface area contributed by atoms with Crippen LogP contribution in [0.15, 0.2) is 46.2 Å². The van der Waals surface area contributed by atoms with E-state index in [1.165, 1.54) is 10.9 Å². The number of nitrogens with zero attached hydrogens (tertiary/aromatic N) is 4. The first-order valence-electron chi connectivity index (χ1n) is 10.6. The van der Waals surface area contributed by atoms with Gasteiger partial charge in [-0.25, -0.2) is 14.3 Å². The van der Waals surface area contributed by atoms with E-state index >= 15 is 0 Å². The van der Waals surface area contributed by atoms with E-state index in [4.69, 9.17) is 9.47 Å². The van der Waals surface area contributed by atoms with Gasteiger partial charge >= 0.3 is 5.69 Å². The molecule has 10 heteroatoms. The lowest BCUT2D eigenvalue weighted by Crippen LogP contribution is -2.44. The van der Waals surface area contributed by atoms with Crippen LogP contribution in [0.25, 0.3) is 11.2 Å². The summed E-state index contributed by atoms with van der Waals surface area (Å²) in [7, 11) is 1.57. The van der Waals surface area contributed by atoms with Gasteiger partial charge in [0.05, 0.1) is 19.5 Å². The molecule has 0 fully saturated rings. The summed E-state index contributed by atoms with van der Waals surface area (Å²) in [5, 5.41) is 2.74. The second-order valence-electron chi connectivity index (χ2n) is 7.25. The zero-order chi connectivity index (χ0) is 22.9. The number of benzene rings is 1. The minimum Gasteiger partial charge on any atom is -0.383 e. The highest BCUT2D eigenvalue weighted by Crippen LogP contribution is 2.10. The van der Waals surface area contributed by atoms with Gasteiger partial charge < -0.3 is 19.4 Å². The Labute approximate surface area is 185 Å². The van der Waals surface area contributed by atoms with Crippen LogP contribution in [0.4, 0.5) is 0 Å². The lowest BCUT2D eigenvalue weighted by Gasteiger charge is -2.13. The maximum atomic E-state index is 13.2. The van der Waals surface area contributed by atoms with Crippen LogP contribution in [-0.4, -0.2) is 58.1 Å². The van der Waals surface area contributed by atoms with Crippen molar-refractivity contribution in [3.63, 3.8) is 0 Å². The second kappa shape index (κ2) is 11.4. The Kier molecular flexibility index (Phi) is 8.34. The molecule has 0 aliphatic rings. The van der Waals surface area contributed by atoms with Crippen molar-refractivity contribution in [3.05, 3.63) is 63.1 Å². The van der Waals surface area contributed by atoms with Crippen LogP contribution in [0.5, 0.6) is 0 Å². The quantitative estimate of drug-likeness (QED) is 0.411. The molecule has 2 heterocycles. The van der Waals surface area contributed by atoms with Crippen LogP contribution in [0.2, 0.25) is 0 Å². The molecular formula is C22H29N5O5. The average molecular weight is 444 g/mol. The molecule has 1 amide bonds. The molecule has 0 saturated heterocycles. The predicted octanol–water partition coefficient (Wildman–Crippen LogP) is 0.597. The fraction of sp³-hybridized carbons (Fsp3) is 0.455. The molecule has 3 rings (SSSR count). The van der Waals surface area contributed by atoms with E-state index in [2.05, 4.69) is 10.3 Å². The van der Waals surface area contributed by atoms with E-state index in [0.29, 0.717) is 39.3 Å². The molecule has 0 spiro atoms. The summed E-state index contributed by atoms with van der Waals surface area (Å²) in [6, 6.07) is 9.42. The Balaban J connectivity index is 1.96. The molecule has 3 aromatic rings. The first-order valence-corrected chi connectivity index (χ1v) is 10.6. The van der Waals surface area contributed by atoms with Crippen molar-refractivity contribution in [1.29, 1.82) is 0 Å². The average Bonchev–Trinajstić information content (AvgIpc) is 3.22. The molecule has 0 aliphatic carbocycles. The molecule has 10 nitrogen and oxygen atoms in total. The summed E-state index contributed by atoms with van der Waals surface area (Å²) >= 11 is 0. The minimum atomic E-state index is -0.576. The monoisotopic (exact) mass is 443 g/mol. The number of imidazole rings is 1. The molecular weight excluding hydrogens is 414 g/mol. The topological polar surface area (TPSA) is 109 Å². The standard InChI is InChI=1S/C22H29N5O5/c1-3-32-12-7-10-23-18(28)15-27-21(29)19-20(24-16-25(19)11-13-31-2)26(22(27)30)14-17-8-5-4-6-9-17/h4-6,8-9,16H,3,7,10-15H2,1-2H3,(H,23,28). The number of aromatic nitrogens is 4. The molecule has 172 valence electrons. The molecule has 0 saturated carbocycles. The van der Waals surface area contributed by atoms with Crippen molar-refractivity contribution < 1.29 is 14.3 Å². The third-order valence-corrected chi connectivity index (χ3v) is 5.00. The van der Waals surface area contributed by atoms with Gasteiger partial charge in [0.1, 0.15) is 6.54 Å². The van der Waals surface area contributed by atoms with Crippen LogP contribution in [0.1, 0.15) is 18.9 Å². The molecule has 0 atom stereocenters. The van der Waals surface area contributed by atoms with E-state index < -0.39 is 17.2 Å². The number of rotatable bonds is 12. The maximum absolute atomic E-state index is 13.2. The SMILES string of the molecule is CCOCCCNC(=O)Cn1c(=O)c2c(ncn2CCOC)n(Cc2ccccc2)c1=O. The summed E-state index contributed by atoms with van der Waals surface area (Å²) in [4.78, 5) is 43.2. The van der Waals surface area contributed by atoms with Crippen molar-refractivity contribution >= 4 is 17.1 Å². The van der Waals surface area contributed by atoms with Crippen molar-refractivity contribution in [2.75, 3.05) is 33.5 Å². The van der Waals surface area contributed by atoms with Crippen LogP contribution in [0, 0.1) is 0 Å². The number of nitrogens with one attached hydrogen (secondary N) is 1. The predicted molar refractivity (Wildman–Crippen MR) is 120 cm³/mol. The summed E-state index contributed by atoms with van der Waals surface area (Å²) in [5.74, 6) is -0.408. The van der Waals surface area contributed by atoms with Crippen molar-refractivity contribution in [2.45, 2.75) is 33.0 Å². The lowest BCUT2D eigenvalue weighted by atomic mass is 10.2. The lowest BCUT2D eigenvalue weighted by molar-refractivity contribution is -0.121. The summed E-state index contributed by atoms with van der Waals surface area (Å²) in [6.45, 7) is 4.09. The van der Waals surface area contributed by atoms with Crippen LogP contribution < -0.4 is 16.6 Å². The first-order chi connectivity index (χ1) is 15.6. The third kappa shape index (κ3) is 5.51. The van der Waals surface area contributed by atoms with Gasteiger partial charge in [-0.3, -0.25) is 14.2 Å². The summed E-state index contributed by atoms with van der Waals surface area (Å²) in [5.41, 5.74) is 0.308. The number of fused-ring (bicyclic) bond motifs is 1. The zero-order valence-electron chi connectivity index (χ0n) is 18.5. The zero-order valence-corrected chi connectivity index (χ0v) is 18.5. The van der Waals surface area contributed by atoms with Gasteiger partial charge in [0.15, 0.2) is 11.2 Å². The molecule has 2 aromatic heterocycles. The highest BCUT2D eigenvalue weighted by atomic mass is 16.5. The maximum Gasteiger partial charge on any atom is 0.333 e. The molecule has 1 N–H and O–H groups in total. The van der Waals surface area contributed by atoms with E-state index in [1.54, 1.807) is 11.7 Å². The third-order valence-electron chi connectivity index (χ3n) is 5.00. The van der Waals surface area contributed by atoms with Gasteiger partial charge in [-0.2, -0.15) is 0 Å². The van der Waals surface area contributed by atoms with Crippen molar-refractivity contribution in [2.24, 2.45) is 0 Å². The van der Waals surface area contributed by atoms with Gasteiger partial charge in [0.25, 0.3) is 5.56 Å². The number of methoxy groups -OCH3 is 1. The van der Waals surface area contributed by atoms with Gasteiger partial charge in [0.2, 0.25) is 5.91 Å². The molecule has 0 aliphatic heterocycles. The van der Waals surface area contributed by atoms with Crippen LogP contribution in [-0.2, 0) is 33.9 Å². The molecule has 0 radical (unpaired) electrons. The van der Waals surface area contributed by atoms with E-state index in [1.807, 2.05) is 37.3 Å². The second-order valence-corrected chi connectivity index (χ2v) is 7.25. The molecule has 0 unspecified atom stereocenters. The Morgan fingerprint density at radius 3 is 2.62 bits per heavy atom. The molecule has 1 aromatic carbocycles. The number of hydrogen-bond donors (Lipinski definition) is 1. The Morgan fingerprint density at radius 2 is 1.91 bits per heavy atom. The highest BCUT2D eigenvalue weighted by Gasteiger charge is 2.19. The number of ether oxygens (including phenoxy) is 2. The van der Waals surface area contributed by atoms with Crippen LogP contribution in [0.3, 0.4) is 0 Å². The summed E-state index contributed by atoms with van der Waals surface area (Å²) in [6.07, 6.45) is 2.17. The van der Waals surface area contributed by atoms with Gasteiger partial charge in [-0.15, -0.1) is 0 Å². The summed E-state index contributed by atoms with van der Waals surface area (Å²) < 4.78 is 14.4. The van der Waals surface area contributed by atoms with Crippen LogP contribution >= 0.6 is 0 Å². The Bertz CT molecular complexity index is 1150. The molecule has 0 bridgehead atoms. The number of amides is 1. The fourth-order valence-electron chi connectivity index (χ4n) is 3.39. The van der Waals surface area contributed by atoms with E-state index in [-0.39, 0.29) is 24.3 Å². The number of carbonyl (C=O) groups excluding carboxylic acids is 1. The Hall–Kier alpha value is -3.24. The normalized spacial score (nSPS) is 11.2. The number of carbonyl (C=O) groups is 1. The van der Waals surface area contributed by atoms with Gasteiger partial charge in [0, 0.05) is 33.4 Å². The fourth-order valence-corrected chi connectivity index (χ4v) is 3.39. The van der Waals surface area contributed by atoms with E-state index in [9.17, 15) is 14.4 Å². The minimum absolute atomic E-state index is 0.230. The van der Waals surface area contributed by atoms with Crippen molar-refractivity contribution in [3.8, 4) is 0 Å². The van der Waals surface area contributed by atoms with E-state index in [0.717, 1.165) is 10.1 Å². The smallest absolute Gasteiger partial charge is 0.333 e. The first kappa shape index (κ1) is 23.4. The number of hydrogen-bond acceptors (Lipinski definition) is 6. The largest absolute Gasteiger partial charge is 0.383 e. The van der Waals surface area contributed by atoms with Gasteiger partial charge in [-0.05, 0) is 18.9 Å². The van der Waals surface area contributed by atoms with Gasteiger partial charge in [-0.1, -0.05) is 30.3 Å². The van der Waals surface area contributed by atoms with Crippen molar-refractivity contribution in [1.82, 2.24) is 24.0 Å². The molecule has 32 heavy (non-hydrogen) atoms.